The molecule has 0 aliphatic carbocycles. The molecule has 0 spiro atoms. The third-order valence-corrected chi connectivity index (χ3v) is 3.81. The van der Waals surface area contributed by atoms with E-state index < -0.39 is 0 Å². The van der Waals surface area contributed by atoms with Crippen LogP contribution in [0.25, 0.3) is 0 Å². The Balaban J connectivity index is 2.00. The van der Waals surface area contributed by atoms with Gasteiger partial charge in [-0.15, -0.1) is 0 Å². The summed E-state index contributed by atoms with van der Waals surface area (Å²) in [6, 6.07) is 4.92. The van der Waals surface area contributed by atoms with Crippen LogP contribution in [-0.4, -0.2) is 24.5 Å². The molecule has 1 aliphatic heterocycles. The van der Waals surface area contributed by atoms with Crippen LogP contribution in [0.3, 0.4) is 0 Å². The Morgan fingerprint density at radius 1 is 1.53 bits per heavy atom. The molecule has 1 fully saturated rings. The molecule has 1 atom stereocenters. The minimum Gasteiger partial charge on any atom is -0.330 e. The van der Waals surface area contributed by atoms with Crippen molar-refractivity contribution in [3.05, 3.63) is 34.6 Å². The lowest BCUT2D eigenvalue weighted by Gasteiger charge is -2.22. The highest BCUT2D eigenvalue weighted by atomic mass is 35.5. The van der Waals surface area contributed by atoms with E-state index in [-0.39, 0.29) is 16.3 Å². The van der Waals surface area contributed by atoms with E-state index in [0.717, 1.165) is 31.6 Å². The molecular weight excluding hydrogens is 239 g/mol. The number of rotatable bonds is 3. The summed E-state index contributed by atoms with van der Waals surface area (Å²) in [6.07, 6.45) is 1.12. The first-order valence-electron chi connectivity index (χ1n) is 5.89. The Kier molecular flexibility index (Phi) is 3.71. The second kappa shape index (κ2) is 4.92. The van der Waals surface area contributed by atoms with Gasteiger partial charge in [-0.2, -0.15) is 0 Å². The summed E-state index contributed by atoms with van der Waals surface area (Å²) in [4.78, 5) is 2.34. The van der Waals surface area contributed by atoms with Crippen LogP contribution in [-0.2, 0) is 6.54 Å². The molecule has 94 valence electrons. The maximum absolute atomic E-state index is 13.0. The van der Waals surface area contributed by atoms with Crippen LogP contribution in [0.4, 0.5) is 4.39 Å². The summed E-state index contributed by atoms with van der Waals surface area (Å²) in [7, 11) is 0. The fraction of sp³-hybridized carbons (Fsp3) is 0.538. The predicted octanol–water partition coefficient (Wildman–Crippen LogP) is 2.65. The first-order chi connectivity index (χ1) is 8.02. The van der Waals surface area contributed by atoms with Crippen molar-refractivity contribution in [3.63, 3.8) is 0 Å². The highest BCUT2D eigenvalue weighted by Crippen LogP contribution is 2.29. The maximum Gasteiger partial charge on any atom is 0.141 e. The minimum absolute atomic E-state index is 0.197. The van der Waals surface area contributed by atoms with E-state index in [1.807, 2.05) is 0 Å². The molecule has 1 aromatic rings. The molecule has 4 heteroatoms. The molecule has 1 aliphatic rings. The zero-order chi connectivity index (χ0) is 12.5. The maximum atomic E-state index is 13.0. The van der Waals surface area contributed by atoms with Crippen LogP contribution < -0.4 is 5.73 Å². The summed E-state index contributed by atoms with van der Waals surface area (Å²) in [5, 5.41) is 0.197. The van der Waals surface area contributed by atoms with Gasteiger partial charge in [0.2, 0.25) is 0 Å². The predicted molar refractivity (Wildman–Crippen MR) is 68.5 cm³/mol. The van der Waals surface area contributed by atoms with E-state index in [9.17, 15) is 4.39 Å². The molecule has 1 unspecified atom stereocenters. The van der Waals surface area contributed by atoms with E-state index in [1.54, 1.807) is 12.1 Å². The van der Waals surface area contributed by atoms with Gasteiger partial charge in [-0.1, -0.05) is 24.6 Å². The molecule has 2 rings (SSSR count). The van der Waals surface area contributed by atoms with Gasteiger partial charge in [0, 0.05) is 13.1 Å². The van der Waals surface area contributed by atoms with Crippen molar-refractivity contribution in [1.29, 1.82) is 0 Å². The van der Waals surface area contributed by atoms with Crippen LogP contribution >= 0.6 is 11.6 Å². The third-order valence-electron chi connectivity index (χ3n) is 3.52. The molecule has 1 heterocycles. The van der Waals surface area contributed by atoms with Crippen molar-refractivity contribution in [2.75, 3.05) is 19.6 Å². The van der Waals surface area contributed by atoms with Crippen LogP contribution in [0, 0.1) is 11.2 Å². The van der Waals surface area contributed by atoms with Gasteiger partial charge in [-0.25, -0.2) is 4.39 Å². The van der Waals surface area contributed by atoms with Gasteiger partial charge in [0.25, 0.3) is 0 Å². The fourth-order valence-corrected chi connectivity index (χ4v) is 2.53. The molecule has 0 saturated carbocycles. The van der Waals surface area contributed by atoms with E-state index in [4.69, 9.17) is 17.3 Å². The van der Waals surface area contributed by atoms with Gasteiger partial charge < -0.3 is 5.73 Å². The summed E-state index contributed by atoms with van der Waals surface area (Å²) < 4.78 is 13.0. The second-order valence-corrected chi connectivity index (χ2v) is 5.63. The molecular formula is C13H18ClFN2. The zero-order valence-electron chi connectivity index (χ0n) is 10.0. The lowest BCUT2D eigenvalue weighted by molar-refractivity contribution is 0.274. The quantitative estimate of drug-likeness (QED) is 0.901. The number of halogens is 2. The normalized spacial score (nSPS) is 25.4. The Morgan fingerprint density at radius 2 is 2.29 bits per heavy atom. The number of nitrogens with two attached hydrogens (primary N) is 1. The second-order valence-electron chi connectivity index (χ2n) is 5.22. The summed E-state index contributed by atoms with van der Waals surface area (Å²) in [6.45, 7) is 5.79. The van der Waals surface area contributed by atoms with Gasteiger partial charge in [0.05, 0.1) is 5.02 Å². The van der Waals surface area contributed by atoms with Gasteiger partial charge in [0.1, 0.15) is 5.82 Å². The highest BCUT2D eigenvalue weighted by Gasteiger charge is 2.32. The molecule has 0 bridgehead atoms. The van der Waals surface area contributed by atoms with Crippen molar-refractivity contribution in [2.45, 2.75) is 19.9 Å². The Morgan fingerprint density at radius 3 is 2.88 bits per heavy atom. The van der Waals surface area contributed by atoms with E-state index in [2.05, 4.69) is 11.8 Å². The third kappa shape index (κ3) is 2.97. The van der Waals surface area contributed by atoms with E-state index >= 15 is 0 Å². The molecule has 0 amide bonds. The molecule has 1 aromatic carbocycles. The number of likely N-dealkylation sites (tertiary alicyclic amines) is 1. The van der Waals surface area contributed by atoms with Crippen LogP contribution in [0.2, 0.25) is 5.02 Å². The SMILES string of the molecule is CC1(CN)CCN(Cc2ccc(F)c(Cl)c2)C1. The smallest absolute Gasteiger partial charge is 0.141 e. The lowest BCUT2D eigenvalue weighted by atomic mass is 9.90. The van der Waals surface area contributed by atoms with Crippen LogP contribution in [0.5, 0.6) is 0 Å². The summed E-state index contributed by atoms with van der Waals surface area (Å²) in [5.74, 6) is -0.358. The number of nitrogens with zero attached hydrogens (tertiary/aromatic N) is 1. The summed E-state index contributed by atoms with van der Waals surface area (Å²) >= 11 is 5.77. The Labute approximate surface area is 107 Å². The molecule has 1 saturated heterocycles. The van der Waals surface area contributed by atoms with Crippen LogP contribution in [0.15, 0.2) is 18.2 Å². The van der Waals surface area contributed by atoms with Crippen molar-refractivity contribution in [3.8, 4) is 0 Å². The average molecular weight is 257 g/mol. The largest absolute Gasteiger partial charge is 0.330 e. The van der Waals surface area contributed by atoms with Crippen molar-refractivity contribution >= 4 is 11.6 Å². The summed E-state index contributed by atoms with van der Waals surface area (Å²) in [5.41, 5.74) is 7.05. The zero-order valence-corrected chi connectivity index (χ0v) is 10.8. The topological polar surface area (TPSA) is 29.3 Å². The standard InChI is InChI=1S/C13H18ClFN2/c1-13(8-16)4-5-17(9-13)7-10-2-3-12(15)11(14)6-10/h2-3,6H,4-5,7-9,16H2,1H3. The van der Waals surface area contributed by atoms with Crippen LogP contribution in [0.1, 0.15) is 18.9 Å². The van der Waals surface area contributed by atoms with Crippen molar-refractivity contribution < 1.29 is 4.39 Å². The van der Waals surface area contributed by atoms with E-state index in [0.29, 0.717) is 6.54 Å². The van der Waals surface area contributed by atoms with Gasteiger partial charge in [0.15, 0.2) is 0 Å². The Hall–Kier alpha value is -0.640. The molecule has 0 aromatic heterocycles. The monoisotopic (exact) mass is 256 g/mol. The lowest BCUT2D eigenvalue weighted by Crippen LogP contribution is -2.31. The molecule has 17 heavy (non-hydrogen) atoms. The first-order valence-corrected chi connectivity index (χ1v) is 6.27. The molecule has 2 nitrogen and oxygen atoms in total. The van der Waals surface area contributed by atoms with E-state index in [1.165, 1.54) is 6.07 Å². The Bertz CT molecular complexity index is 410. The number of benzene rings is 1. The van der Waals surface area contributed by atoms with Gasteiger partial charge in [-0.05, 0) is 42.6 Å². The average Bonchev–Trinajstić information content (AvgIpc) is 2.67. The van der Waals surface area contributed by atoms with Gasteiger partial charge >= 0.3 is 0 Å². The minimum atomic E-state index is -0.358. The van der Waals surface area contributed by atoms with Crippen molar-refractivity contribution in [2.24, 2.45) is 11.1 Å². The molecule has 0 radical (unpaired) electrons. The number of hydrogen-bond acceptors (Lipinski definition) is 2. The molecule has 2 N–H and O–H groups in total. The first kappa shape index (κ1) is 12.8. The van der Waals surface area contributed by atoms with Gasteiger partial charge in [-0.3, -0.25) is 4.90 Å². The fourth-order valence-electron chi connectivity index (χ4n) is 2.32. The van der Waals surface area contributed by atoms with Crippen molar-refractivity contribution in [1.82, 2.24) is 4.90 Å². The number of hydrogen-bond donors (Lipinski definition) is 1. The highest BCUT2D eigenvalue weighted by molar-refractivity contribution is 6.30.